The maximum atomic E-state index is 11.9. The van der Waals surface area contributed by atoms with Crippen LogP contribution in [0.5, 0.6) is 0 Å². The van der Waals surface area contributed by atoms with Gasteiger partial charge in [0.05, 0.1) is 0 Å². The van der Waals surface area contributed by atoms with Crippen LogP contribution in [0, 0.1) is 19.8 Å². The number of ether oxygens (including phenoxy) is 1. The monoisotopic (exact) mass is 293 g/mol. The van der Waals surface area contributed by atoms with E-state index in [1.165, 1.54) is 6.42 Å². The minimum Gasteiger partial charge on any atom is -0.466 e. The summed E-state index contributed by atoms with van der Waals surface area (Å²) in [6.45, 7) is 5.37. The van der Waals surface area contributed by atoms with E-state index in [1.54, 1.807) is 19.9 Å². The zero-order valence-corrected chi connectivity index (χ0v) is 12.9. The maximum absolute atomic E-state index is 11.9. The minimum absolute atomic E-state index is 0.197. The van der Waals surface area contributed by atoms with Crippen molar-refractivity contribution in [3.05, 3.63) is 23.2 Å². The fourth-order valence-corrected chi connectivity index (χ4v) is 2.82. The first-order valence-corrected chi connectivity index (χ1v) is 7.51. The normalized spacial score (nSPS) is 21.9. The molecule has 1 saturated carbocycles. The van der Waals surface area contributed by atoms with Crippen molar-refractivity contribution < 1.29 is 18.7 Å². The molecule has 1 aromatic heterocycles. The third-order valence-corrected chi connectivity index (χ3v) is 4.05. The molecule has 5 heteroatoms. The quantitative estimate of drug-likeness (QED) is 0.867. The topological polar surface area (TPSA) is 68.5 Å². The molecule has 0 spiro atoms. The van der Waals surface area contributed by atoms with Crippen molar-refractivity contribution in [2.45, 2.75) is 52.5 Å². The average Bonchev–Trinajstić information content (AvgIpc) is 2.78. The van der Waals surface area contributed by atoms with Crippen molar-refractivity contribution in [1.29, 1.82) is 0 Å². The van der Waals surface area contributed by atoms with Gasteiger partial charge in [0, 0.05) is 6.04 Å². The highest BCUT2D eigenvalue weighted by atomic mass is 16.5. The lowest BCUT2D eigenvalue weighted by molar-refractivity contribution is -0.125. The molecule has 5 nitrogen and oxygen atoms in total. The summed E-state index contributed by atoms with van der Waals surface area (Å²) in [6.07, 6.45) is 4.50. The van der Waals surface area contributed by atoms with Gasteiger partial charge in [-0.05, 0) is 38.7 Å². The van der Waals surface area contributed by atoms with E-state index in [9.17, 15) is 9.59 Å². The number of hydrogen-bond donors (Lipinski definition) is 1. The minimum atomic E-state index is -0.517. The van der Waals surface area contributed by atoms with Crippen molar-refractivity contribution in [3.63, 3.8) is 0 Å². The molecular formula is C16H23NO4. The summed E-state index contributed by atoms with van der Waals surface area (Å²) in [5.74, 6) is 0.895. The van der Waals surface area contributed by atoms with Crippen LogP contribution in [0.3, 0.4) is 0 Å². The van der Waals surface area contributed by atoms with Crippen molar-refractivity contribution in [2.75, 3.05) is 6.61 Å². The number of aryl methyl sites for hydroxylation is 2. The zero-order chi connectivity index (χ0) is 15.4. The van der Waals surface area contributed by atoms with E-state index < -0.39 is 5.97 Å². The van der Waals surface area contributed by atoms with Gasteiger partial charge in [-0.15, -0.1) is 0 Å². The highest BCUT2D eigenvalue weighted by molar-refractivity contribution is 5.92. The summed E-state index contributed by atoms with van der Waals surface area (Å²) >= 11 is 0. The molecule has 1 fully saturated rings. The Kier molecular flexibility index (Phi) is 5.04. The molecule has 1 heterocycles. The zero-order valence-electron chi connectivity index (χ0n) is 12.9. The average molecular weight is 293 g/mol. The molecule has 0 unspecified atom stereocenters. The summed E-state index contributed by atoms with van der Waals surface area (Å²) in [5, 5.41) is 2.96. The number of carbonyl (C=O) groups excluding carboxylic acids is 2. The second-order valence-corrected chi connectivity index (χ2v) is 5.84. The van der Waals surface area contributed by atoms with Gasteiger partial charge in [-0.1, -0.05) is 19.8 Å². The van der Waals surface area contributed by atoms with Gasteiger partial charge >= 0.3 is 5.97 Å². The first-order valence-electron chi connectivity index (χ1n) is 7.51. The Labute approximate surface area is 125 Å². The fraction of sp³-hybridized carbons (Fsp3) is 0.625. The second-order valence-electron chi connectivity index (χ2n) is 5.84. The van der Waals surface area contributed by atoms with Crippen LogP contribution in [0.4, 0.5) is 0 Å². The van der Waals surface area contributed by atoms with Gasteiger partial charge < -0.3 is 14.5 Å². The van der Waals surface area contributed by atoms with Gasteiger partial charge in [-0.3, -0.25) is 4.79 Å². The Morgan fingerprint density at radius 3 is 2.67 bits per heavy atom. The van der Waals surface area contributed by atoms with E-state index in [2.05, 4.69) is 12.2 Å². The Hall–Kier alpha value is -1.78. The predicted molar refractivity (Wildman–Crippen MR) is 78.0 cm³/mol. The maximum Gasteiger partial charge on any atom is 0.342 e. The van der Waals surface area contributed by atoms with E-state index >= 15 is 0 Å². The summed E-state index contributed by atoms with van der Waals surface area (Å²) < 4.78 is 10.3. The lowest BCUT2D eigenvalue weighted by atomic mass is 9.86. The molecule has 0 aromatic carbocycles. The number of hydrogen-bond acceptors (Lipinski definition) is 4. The smallest absolute Gasteiger partial charge is 0.342 e. The van der Waals surface area contributed by atoms with Crippen molar-refractivity contribution in [1.82, 2.24) is 5.32 Å². The Balaban J connectivity index is 1.81. The van der Waals surface area contributed by atoms with Gasteiger partial charge in [0.15, 0.2) is 6.61 Å². The molecule has 1 aliphatic carbocycles. The lowest BCUT2D eigenvalue weighted by Crippen LogP contribution is -2.42. The Morgan fingerprint density at radius 1 is 1.33 bits per heavy atom. The van der Waals surface area contributed by atoms with Crippen LogP contribution in [0.25, 0.3) is 0 Å². The third kappa shape index (κ3) is 4.09. The van der Waals surface area contributed by atoms with Gasteiger partial charge in [-0.25, -0.2) is 4.79 Å². The van der Waals surface area contributed by atoms with Crippen LogP contribution in [0.2, 0.25) is 0 Å². The number of furan rings is 1. The number of rotatable bonds is 4. The second kappa shape index (κ2) is 6.78. The van der Waals surface area contributed by atoms with Crippen LogP contribution in [0.15, 0.2) is 10.5 Å². The molecule has 0 radical (unpaired) electrons. The Bertz CT molecular complexity index is 520. The van der Waals surface area contributed by atoms with Crippen molar-refractivity contribution >= 4 is 11.9 Å². The number of nitrogens with one attached hydrogen (secondary N) is 1. The molecule has 1 aromatic rings. The predicted octanol–water partition coefficient (Wildman–Crippen LogP) is 2.75. The SMILES string of the molecule is Cc1cc(C(=O)OCC(=O)N[C@H]2CCCC[C@H]2C)c(C)o1. The van der Waals surface area contributed by atoms with Crippen LogP contribution < -0.4 is 5.32 Å². The van der Waals surface area contributed by atoms with Crippen molar-refractivity contribution in [2.24, 2.45) is 5.92 Å². The molecule has 21 heavy (non-hydrogen) atoms. The van der Waals surface area contributed by atoms with E-state index in [4.69, 9.17) is 9.15 Å². The molecule has 1 N–H and O–H groups in total. The summed E-state index contributed by atoms with van der Waals surface area (Å²) in [7, 11) is 0. The fourth-order valence-electron chi connectivity index (χ4n) is 2.82. The van der Waals surface area contributed by atoms with E-state index in [1.807, 2.05) is 0 Å². The number of carbonyl (C=O) groups is 2. The van der Waals surface area contributed by atoms with Gasteiger partial charge in [-0.2, -0.15) is 0 Å². The molecule has 0 bridgehead atoms. The summed E-state index contributed by atoms with van der Waals surface area (Å²) in [4.78, 5) is 23.7. The Morgan fingerprint density at radius 2 is 2.05 bits per heavy atom. The first kappa shape index (κ1) is 15.6. The van der Waals surface area contributed by atoms with Gasteiger partial charge in [0.1, 0.15) is 17.1 Å². The molecular weight excluding hydrogens is 270 g/mol. The van der Waals surface area contributed by atoms with Crippen LogP contribution in [-0.2, 0) is 9.53 Å². The summed E-state index contributed by atoms with van der Waals surface area (Å²) in [5.41, 5.74) is 0.381. The third-order valence-electron chi connectivity index (χ3n) is 4.05. The first-order chi connectivity index (χ1) is 9.97. The molecule has 0 saturated heterocycles. The van der Waals surface area contributed by atoms with E-state index in [-0.39, 0.29) is 18.6 Å². The molecule has 2 rings (SSSR count). The highest BCUT2D eigenvalue weighted by Crippen LogP contribution is 2.23. The standard InChI is InChI=1S/C16H23NO4/c1-10-6-4-5-7-14(10)17-15(18)9-20-16(19)13-8-11(2)21-12(13)3/h8,10,14H,4-7,9H2,1-3H3,(H,17,18)/t10-,14+/m1/s1. The number of esters is 1. The molecule has 1 amide bonds. The molecule has 2 atom stereocenters. The molecule has 1 aliphatic rings. The van der Waals surface area contributed by atoms with E-state index in [0.29, 0.717) is 23.0 Å². The van der Waals surface area contributed by atoms with Crippen LogP contribution in [0.1, 0.15) is 54.5 Å². The summed E-state index contributed by atoms with van der Waals surface area (Å²) in [6, 6.07) is 1.82. The van der Waals surface area contributed by atoms with Crippen LogP contribution in [-0.4, -0.2) is 24.5 Å². The van der Waals surface area contributed by atoms with Crippen LogP contribution >= 0.6 is 0 Å². The van der Waals surface area contributed by atoms with E-state index in [0.717, 1.165) is 19.3 Å². The van der Waals surface area contributed by atoms with Gasteiger partial charge in [0.2, 0.25) is 0 Å². The largest absolute Gasteiger partial charge is 0.466 e. The highest BCUT2D eigenvalue weighted by Gasteiger charge is 2.23. The van der Waals surface area contributed by atoms with Crippen molar-refractivity contribution in [3.8, 4) is 0 Å². The molecule has 116 valence electrons. The number of amides is 1. The van der Waals surface area contributed by atoms with Gasteiger partial charge in [0.25, 0.3) is 5.91 Å². The molecule has 0 aliphatic heterocycles. The lowest BCUT2D eigenvalue weighted by Gasteiger charge is -2.29.